The highest BCUT2D eigenvalue weighted by Crippen LogP contribution is 2.38. The number of ether oxygens (including phenoxy) is 9. The molecule has 0 bridgehead atoms. The molecule has 59 heavy (non-hydrogen) atoms. The molecular formula is C42H69NO16. The molecule has 0 aromatic carbocycles. The molecule has 0 spiro atoms. The molecule has 17 heteroatoms. The maximum atomic E-state index is 13.3. The van der Waals surface area contributed by atoms with Crippen molar-refractivity contribution >= 4 is 24.2 Å². The molecule has 18 atom stereocenters. The molecule has 0 aromatic rings. The van der Waals surface area contributed by atoms with Gasteiger partial charge < -0.3 is 67.6 Å². The topological polar surface area (TPSA) is 219 Å². The lowest BCUT2D eigenvalue weighted by molar-refractivity contribution is -0.344. The van der Waals surface area contributed by atoms with E-state index in [9.17, 15) is 34.5 Å². The van der Waals surface area contributed by atoms with Crippen molar-refractivity contribution in [2.24, 2.45) is 17.8 Å². The molecule has 0 saturated carbocycles. The Bertz CT molecular complexity index is 1420. The highest BCUT2D eigenvalue weighted by Gasteiger charge is 2.53. The Labute approximate surface area is 348 Å². The van der Waals surface area contributed by atoms with Crippen molar-refractivity contribution in [3.63, 3.8) is 0 Å². The van der Waals surface area contributed by atoms with Crippen LogP contribution in [0.15, 0.2) is 12.2 Å². The smallest absolute Gasteiger partial charge is 0.309 e. The number of rotatable bonds is 12. The number of hydrogen-bond acceptors (Lipinski definition) is 17. The van der Waals surface area contributed by atoms with Gasteiger partial charge in [-0.1, -0.05) is 32.9 Å². The highest BCUT2D eigenvalue weighted by molar-refractivity contribution is 5.72. The molecule has 0 aromatic heterocycles. The van der Waals surface area contributed by atoms with Crippen LogP contribution in [-0.4, -0.2) is 163 Å². The van der Waals surface area contributed by atoms with E-state index in [1.807, 2.05) is 20.8 Å². The molecule has 3 fully saturated rings. The van der Waals surface area contributed by atoms with Gasteiger partial charge in [0.2, 0.25) is 0 Å². The minimum atomic E-state index is -1.50. The third-order valence-corrected chi connectivity index (χ3v) is 11.6. The van der Waals surface area contributed by atoms with Crippen LogP contribution in [0, 0.1) is 17.8 Å². The van der Waals surface area contributed by atoms with E-state index >= 15 is 0 Å². The van der Waals surface area contributed by atoms with Gasteiger partial charge in [0.1, 0.15) is 48.5 Å². The molecule has 0 aliphatic carbocycles. The average Bonchev–Trinajstić information content (AvgIpc) is 3.85. The first-order valence-corrected chi connectivity index (χ1v) is 20.9. The van der Waals surface area contributed by atoms with Gasteiger partial charge >= 0.3 is 17.9 Å². The molecule has 0 radical (unpaired) electrons. The Morgan fingerprint density at radius 2 is 1.68 bits per heavy atom. The fourth-order valence-corrected chi connectivity index (χ4v) is 8.62. The number of aliphatic hydroxyl groups excluding tert-OH is 2. The van der Waals surface area contributed by atoms with Gasteiger partial charge in [-0.3, -0.25) is 14.4 Å². The third-order valence-electron chi connectivity index (χ3n) is 11.6. The van der Waals surface area contributed by atoms with E-state index in [1.54, 1.807) is 58.8 Å². The van der Waals surface area contributed by atoms with Crippen LogP contribution in [-0.2, 0) is 61.8 Å². The molecule has 3 N–H and O–H groups in total. The van der Waals surface area contributed by atoms with E-state index in [-0.39, 0.29) is 43.8 Å². The number of carbonyl (C=O) groups excluding carboxylic acids is 4. The molecule has 4 aliphatic heterocycles. The van der Waals surface area contributed by atoms with Crippen molar-refractivity contribution in [2.45, 2.75) is 191 Å². The highest BCUT2D eigenvalue weighted by atomic mass is 16.7. The molecule has 17 nitrogen and oxygen atoms in total. The number of aldehydes is 1. The van der Waals surface area contributed by atoms with Crippen LogP contribution in [0.4, 0.5) is 0 Å². The number of nitrogens with zero attached hydrogens (tertiary/aromatic N) is 1. The van der Waals surface area contributed by atoms with Crippen LogP contribution < -0.4 is 0 Å². The van der Waals surface area contributed by atoms with Gasteiger partial charge in [0.25, 0.3) is 0 Å². The molecule has 3 saturated heterocycles. The summed E-state index contributed by atoms with van der Waals surface area (Å²) in [6.07, 6.45) is -8.10. The number of likely N-dealkylation sites (N-methyl/N-ethyl adjacent to an activating group) is 1. The molecule has 1 unspecified atom stereocenters. The third kappa shape index (κ3) is 13.5. The summed E-state index contributed by atoms with van der Waals surface area (Å²) in [4.78, 5) is 52.5. The fraction of sp³-hybridized carbons (Fsp3) is 0.857. The zero-order valence-electron chi connectivity index (χ0n) is 36.5. The maximum absolute atomic E-state index is 13.3. The van der Waals surface area contributed by atoms with Crippen LogP contribution >= 0.6 is 0 Å². The second-order valence-corrected chi connectivity index (χ2v) is 17.7. The monoisotopic (exact) mass is 843 g/mol. The quantitative estimate of drug-likeness (QED) is 0.0844. The Balaban J connectivity index is 1.63. The van der Waals surface area contributed by atoms with Crippen LogP contribution in [0.25, 0.3) is 0 Å². The maximum Gasteiger partial charge on any atom is 0.309 e. The van der Waals surface area contributed by atoms with Crippen molar-refractivity contribution < 1.29 is 77.1 Å². The van der Waals surface area contributed by atoms with Crippen molar-refractivity contribution in [2.75, 3.05) is 21.2 Å². The number of fused-ring (bicyclic) bond motifs is 1. The van der Waals surface area contributed by atoms with E-state index < -0.39 is 121 Å². The normalized spacial score (nSPS) is 43.0. The largest absolute Gasteiger partial charge is 0.462 e. The summed E-state index contributed by atoms with van der Waals surface area (Å²) < 4.78 is 54.4. The van der Waals surface area contributed by atoms with Crippen molar-refractivity contribution in [3.05, 3.63) is 12.2 Å². The lowest BCUT2D eigenvalue weighted by Crippen LogP contribution is -2.66. The summed E-state index contributed by atoms with van der Waals surface area (Å²) in [5, 5.41) is 34.8. The van der Waals surface area contributed by atoms with E-state index in [2.05, 4.69) is 0 Å². The number of esters is 3. The van der Waals surface area contributed by atoms with Gasteiger partial charge in [-0.15, -0.1) is 0 Å². The average molecular weight is 844 g/mol. The molecule has 338 valence electrons. The minimum Gasteiger partial charge on any atom is -0.462 e. The Morgan fingerprint density at radius 1 is 0.983 bits per heavy atom. The van der Waals surface area contributed by atoms with E-state index in [1.165, 1.54) is 14.0 Å². The first-order chi connectivity index (χ1) is 27.6. The van der Waals surface area contributed by atoms with Crippen molar-refractivity contribution in [1.82, 2.24) is 4.90 Å². The molecular weight excluding hydrogens is 774 g/mol. The number of methoxy groups -OCH3 is 1. The second kappa shape index (κ2) is 21.5. The van der Waals surface area contributed by atoms with Crippen LogP contribution in [0.2, 0.25) is 0 Å². The number of carbonyl (C=O) groups is 4. The molecule has 4 heterocycles. The lowest BCUT2D eigenvalue weighted by Gasteiger charge is -2.50. The van der Waals surface area contributed by atoms with E-state index in [0.717, 1.165) is 0 Å². The van der Waals surface area contributed by atoms with Crippen molar-refractivity contribution in [3.8, 4) is 0 Å². The van der Waals surface area contributed by atoms with E-state index in [4.69, 9.17) is 42.6 Å². The first kappa shape index (κ1) is 49.1. The Kier molecular flexibility index (Phi) is 17.9. The number of cyclic esters (lactones) is 1. The summed E-state index contributed by atoms with van der Waals surface area (Å²) in [7, 11) is 4.85. The Hall–Kier alpha value is -2.58. The molecule has 4 rings (SSSR count). The second-order valence-electron chi connectivity index (χ2n) is 17.7. The van der Waals surface area contributed by atoms with Crippen LogP contribution in [0.1, 0.15) is 93.9 Å². The molecule has 4 aliphatic rings. The predicted molar refractivity (Wildman–Crippen MR) is 209 cm³/mol. The summed E-state index contributed by atoms with van der Waals surface area (Å²) in [6, 6.07) is -0.786. The van der Waals surface area contributed by atoms with Gasteiger partial charge in [-0.05, 0) is 66.0 Å². The summed E-state index contributed by atoms with van der Waals surface area (Å²) in [6.45, 7) is 13.5. The zero-order valence-corrected chi connectivity index (χ0v) is 36.5. The summed E-state index contributed by atoms with van der Waals surface area (Å²) >= 11 is 0. The first-order valence-electron chi connectivity index (χ1n) is 20.9. The van der Waals surface area contributed by atoms with Gasteiger partial charge in [-0.25, -0.2) is 0 Å². The van der Waals surface area contributed by atoms with Crippen molar-refractivity contribution in [1.29, 1.82) is 0 Å². The Morgan fingerprint density at radius 3 is 2.27 bits per heavy atom. The summed E-state index contributed by atoms with van der Waals surface area (Å²) in [5.74, 6) is -2.85. The summed E-state index contributed by atoms with van der Waals surface area (Å²) in [5.41, 5.74) is -1.50. The number of epoxide rings is 1. The van der Waals surface area contributed by atoms with Crippen LogP contribution in [0.3, 0.4) is 0 Å². The fourth-order valence-electron chi connectivity index (χ4n) is 8.62. The number of aliphatic hydroxyl groups is 3. The lowest BCUT2D eigenvalue weighted by atomic mass is 9.82. The zero-order chi connectivity index (χ0) is 43.9. The predicted octanol–water partition coefficient (Wildman–Crippen LogP) is 2.22. The van der Waals surface area contributed by atoms with E-state index in [0.29, 0.717) is 12.7 Å². The van der Waals surface area contributed by atoms with Gasteiger partial charge in [0, 0.05) is 39.7 Å². The van der Waals surface area contributed by atoms with Gasteiger partial charge in [0.05, 0.1) is 43.0 Å². The standard InChI is InChI=1S/C42H69NO16/c1-21(2)16-32(47)57-40-25(6)53-34(20-42(40,8)50)58-37-24(5)54-41(36(49)35(37)43(9)10)59-38-27(14-15-44)17-22(3)28(46)12-13-29-30(56-29)18-23(4)52-33(48)19-31(39(38)51-11)55-26(7)45/h12-13,15,21-25,27-31,34-41,46,49-50H,14,16-20H2,1-11H3/b13-12+/t22-,23-,24-,25+,27+,28+,29+,30+,31-,34+,35-,36-,37-,38+,39?,40+,41+,42-/m1/s1. The number of hydrogen-bond donors (Lipinski definition) is 3. The van der Waals surface area contributed by atoms with Gasteiger partial charge in [-0.2, -0.15) is 0 Å². The SMILES string of the molecule is COC1[C@@H](O[C@@H]2O[C@H](C)[C@@H](O[C@H]3C[C@@](C)(O)[C@@H](OC(=O)CC(C)C)[C@H](C)O3)[C@H](N(C)C)[C@H]2O)[C@@H](CC=O)C[C@@H](C)[C@@H](O)/C=C/[C@@H]2O[C@H]2C[C@@H](C)OC(=O)C[C@H]1OC(C)=O. The van der Waals surface area contributed by atoms with Gasteiger partial charge in [0.15, 0.2) is 18.7 Å². The minimum absolute atomic E-state index is 0.0481. The van der Waals surface area contributed by atoms with Crippen LogP contribution in [0.5, 0.6) is 0 Å². The molecule has 0 amide bonds.